The second-order valence-electron chi connectivity index (χ2n) is 13.6. The van der Waals surface area contributed by atoms with Crippen molar-refractivity contribution in [3.8, 4) is 0 Å². The van der Waals surface area contributed by atoms with Crippen LogP contribution in [0.15, 0.2) is 0 Å². The highest BCUT2D eigenvalue weighted by Crippen LogP contribution is 2.27. The van der Waals surface area contributed by atoms with E-state index >= 15 is 0 Å². The van der Waals surface area contributed by atoms with Crippen molar-refractivity contribution in [2.45, 2.75) is 103 Å². The number of amides is 6. The van der Waals surface area contributed by atoms with Gasteiger partial charge < -0.3 is 69.3 Å². The quantitative estimate of drug-likeness (QED) is 0.0237. The predicted octanol–water partition coefficient (Wildman–Crippen LogP) is -3.00. The Hall–Kier alpha value is -5.90. The fraction of sp³-hybridized carbons (Fsp3) is 0.677. The van der Waals surface area contributed by atoms with E-state index < -0.39 is 89.7 Å². The Morgan fingerprint density at radius 2 is 1.13 bits per heavy atom. The van der Waals surface area contributed by atoms with E-state index in [1.807, 2.05) is 5.32 Å². The molecular weight excluding hydrogens is 716 g/mol. The number of hydrogen-bond donors (Lipinski definition) is 15. The molecule has 6 amide bonds. The topological polar surface area (TPSA) is 393 Å². The molecule has 0 saturated heterocycles. The van der Waals surface area contributed by atoms with Gasteiger partial charge in [0, 0.05) is 30.5 Å². The van der Waals surface area contributed by atoms with Crippen LogP contribution < -0.4 is 54.0 Å². The molecular formula is C31H56N12O11. The molecule has 0 saturated carbocycles. The molecule has 0 spiro atoms. The highest BCUT2D eigenvalue weighted by atomic mass is 16.4. The molecule has 2 unspecified atom stereocenters. The number of rotatable bonds is 26. The maximum Gasteiger partial charge on any atom is 0.326 e. The van der Waals surface area contributed by atoms with E-state index in [2.05, 4.69) is 37.2 Å². The molecule has 3 atom stereocenters. The van der Waals surface area contributed by atoms with Crippen molar-refractivity contribution < 1.29 is 53.7 Å². The second kappa shape index (κ2) is 23.6. The summed E-state index contributed by atoms with van der Waals surface area (Å²) >= 11 is 0. The summed E-state index contributed by atoms with van der Waals surface area (Å²) < 4.78 is 0. The van der Waals surface area contributed by atoms with Crippen LogP contribution in [0.25, 0.3) is 0 Å². The van der Waals surface area contributed by atoms with Gasteiger partial charge in [-0.3, -0.25) is 39.6 Å². The van der Waals surface area contributed by atoms with Gasteiger partial charge in [0.05, 0.1) is 0 Å². The number of carboxylic acid groups (broad SMARTS) is 3. The van der Waals surface area contributed by atoms with E-state index in [-0.39, 0.29) is 76.4 Å². The molecule has 23 heteroatoms. The van der Waals surface area contributed by atoms with Crippen molar-refractivity contribution >= 4 is 59.5 Å². The van der Waals surface area contributed by atoms with Crippen LogP contribution in [0.3, 0.4) is 0 Å². The molecule has 306 valence electrons. The first-order valence-electron chi connectivity index (χ1n) is 17.0. The lowest BCUT2D eigenvalue weighted by Gasteiger charge is -2.32. The largest absolute Gasteiger partial charge is 0.480 e. The zero-order chi connectivity index (χ0) is 41.6. The highest BCUT2D eigenvalue weighted by Gasteiger charge is 2.35. The molecule has 17 N–H and O–H groups in total. The monoisotopic (exact) mass is 772 g/mol. The Morgan fingerprint density at radius 3 is 1.61 bits per heavy atom. The van der Waals surface area contributed by atoms with Crippen molar-refractivity contribution in [1.82, 2.24) is 42.5 Å². The molecule has 0 aliphatic heterocycles. The first kappa shape index (κ1) is 48.1. The van der Waals surface area contributed by atoms with E-state index in [9.17, 15) is 43.5 Å². The number of guanidine groups is 2. The van der Waals surface area contributed by atoms with Gasteiger partial charge in [0.15, 0.2) is 11.9 Å². The molecule has 0 fully saturated rings. The fourth-order valence-corrected chi connectivity index (χ4v) is 4.65. The fourth-order valence-electron chi connectivity index (χ4n) is 4.65. The van der Waals surface area contributed by atoms with Crippen LogP contribution in [-0.4, -0.2) is 125 Å². The number of aliphatic carboxylic acids is 3. The SMILES string of the molecule is CC(C)(CCC(C)(C)C(=O)NC(CCCNC(=N)N)C(=O)N[C@@H](CCCNC(=N)N)C(=O)NCC(=O)O)NC(=O)CCC(NC(=O)NCC(=O)O)C(=O)O. The van der Waals surface area contributed by atoms with Crippen LogP contribution >= 0.6 is 0 Å². The smallest absolute Gasteiger partial charge is 0.326 e. The molecule has 54 heavy (non-hydrogen) atoms. The molecule has 0 bridgehead atoms. The number of urea groups is 1. The number of carbonyl (C=O) groups is 8. The summed E-state index contributed by atoms with van der Waals surface area (Å²) in [6.07, 6.45) is 0.448. The third kappa shape index (κ3) is 22.1. The summed E-state index contributed by atoms with van der Waals surface area (Å²) in [7, 11) is 0. The van der Waals surface area contributed by atoms with Crippen molar-refractivity contribution in [2.75, 3.05) is 26.2 Å². The maximum absolute atomic E-state index is 13.6. The third-order valence-corrected chi connectivity index (χ3v) is 7.77. The minimum atomic E-state index is -1.48. The van der Waals surface area contributed by atoms with Gasteiger partial charge >= 0.3 is 23.9 Å². The van der Waals surface area contributed by atoms with Crippen molar-refractivity contribution in [1.29, 1.82) is 10.8 Å². The van der Waals surface area contributed by atoms with E-state index in [0.717, 1.165) is 0 Å². The van der Waals surface area contributed by atoms with Crippen molar-refractivity contribution in [3.63, 3.8) is 0 Å². The Labute approximate surface area is 312 Å². The first-order valence-corrected chi connectivity index (χ1v) is 17.0. The van der Waals surface area contributed by atoms with Gasteiger partial charge in [-0.15, -0.1) is 0 Å². The normalized spacial score (nSPS) is 12.7. The Kier molecular flexibility index (Phi) is 21.0. The third-order valence-electron chi connectivity index (χ3n) is 7.77. The Bertz CT molecular complexity index is 1370. The van der Waals surface area contributed by atoms with E-state index in [4.69, 9.17) is 32.5 Å². The van der Waals surface area contributed by atoms with Gasteiger partial charge in [-0.2, -0.15) is 0 Å². The summed E-state index contributed by atoms with van der Waals surface area (Å²) in [5.41, 5.74) is 8.60. The Balaban J connectivity index is 5.62. The van der Waals surface area contributed by atoms with Crippen LogP contribution in [0.5, 0.6) is 0 Å². The molecule has 0 heterocycles. The molecule has 0 aliphatic carbocycles. The maximum atomic E-state index is 13.6. The summed E-state index contributed by atoms with van der Waals surface area (Å²) in [5, 5.41) is 61.1. The van der Waals surface area contributed by atoms with E-state index in [1.165, 1.54) is 0 Å². The summed E-state index contributed by atoms with van der Waals surface area (Å²) in [5.74, 6) is -7.28. The second-order valence-corrected chi connectivity index (χ2v) is 13.6. The summed E-state index contributed by atoms with van der Waals surface area (Å²) in [6, 6.07) is -4.88. The van der Waals surface area contributed by atoms with Gasteiger partial charge in [0.25, 0.3) is 0 Å². The molecule has 0 radical (unpaired) electrons. The van der Waals surface area contributed by atoms with Gasteiger partial charge in [0.1, 0.15) is 31.2 Å². The van der Waals surface area contributed by atoms with Gasteiger partial charge in [-0.25, -0.2) is 9.59 Å². The van der Waals surface area contributed by atoms with Crippen LogP contribution in [0, 0.1) is 16.2 Å². The van der Waals surface area contributed by atoms with Crippen molar-refractivity contribution in [3.05, 3.63) is 0 Å². The number of nitrogens with one attached hydrogen (secondary N) is 10. The average Bonchev–Trinajstić information content (AvgIpc) is 3.05. The number of carbonyl (C=O) groups excluding carboxylic acids is 5. The lowest BCUT2D eigenvalue weighted by atomic mass is 9.81. The van der Waals surface area contributed by atoms with Crippen molar-refractivity contribution in [2.24, 2.45) is 16.9 Å². The Morgan fingerprint density at radius 1 is 0.630 bits per heavy atom. The standard InChI is InChI=1S/C31H56N12O11/c1-30(2,11-12-31(3,4)43-20(44)10-9-19(25(51)52)42-29(54)39-16-22(47)48)26(53)41-18(8-6-14-37-28(34)35)24(50)40-17(7-5-13-36-27(32)33)23(49)38-15-21(45)46/h17-19H,5-16H2,1-4H3,(H,38,49)(H,40,50)(H,41,53)(H,43,44)(H,45,46)(H,47,48)(H,51,52)(H4,32,33,36)(H4,34,35,37)(H2,39,42,54)/t17-,18?,19?/m0/s1. The van der Waals surface area contributed by atoms with Gasteiger partial charge in [0.2, 0.25) is 23.6 Å². The molecule has 23 nitrogen and oxygen atoms in total. The first-order chi connectivity index (χ1) is 24.9. The number of nitrogens with two attached hydrogens (primary N) is 2. The van der Waals surface area contributed by atoms with Crippen LogP contribution in [0.1, 0.15) is 79.1 Å². The average molecular weight is 773 g/mol. The summed E-state index contributed by atoms with van der Waals surface area (Å²) in [4.78, 5) is 97.6. The predicted molar refractivity (Wildman–Crippen MR) is 193 cm³/mol. The zero-order valence-corrected chi connectivity index (χ0v) is 31.0. The van der Waals surface area contributed by atoms with Crippen LogP contribution in [0.4, 0.5) is 4.79 Å². The number of hydrogen-bond acceptors (Lipinski definition) is 10. The lowest BCUT2D eigenvalue weighted by molar-refractivity contribution is -0.140. The van der Waals surface area contributed by atoms with E-state index in [1.54, 1.807) is 27.7 Å². The zero-order valence-electron chi connectivity index (χ0n) is 31.0. The minimum Gasteiger partial charge on any atom is -0.480 e. The van der Waals surface area contributed by atoms with Gasteiger partial charge in [-0.05, 0) is 58.8 Å². The lowest BCUT2D eigenvalue weighted by Crippen LogP contribution is -2.56. The van der Waals surface area contributed by atoms with Gasteiger partial charge in [-0.1, -0.05) is 13.8 Å². The number of carboxylic acids is 3. The van der Waals surface area contributed by atoms with Crippen LogP contribution in [0.2, 0.25) is 0 Å². The summed E-state index contributed by atoms with van der Waals surface area (Å²) in [6.45, 7) is 5.55. The molecule has 0 aliphatic rings. The van der Waals surface area contributed by atoms with Crippen LogP contribution in [-0.2, 0) is 33.6 Å². The molecule has 0 aromatic carbocycles. The highest BCUT2D eigenvalue weighted by molar-refractivity contribution is 5.93. The van der Waals surface area contributed by atoms with E-state index in [0.29, 0.717) is 0 Å². The minimum absolute atomic E-state index is 0.0337. The molecule has 0 aromatic heterocycles. The molecule has 0 rings (SSSR count). The molecule has 0 aromatic rings.